The van der Waals surface area contributed by atoms with Gasteiger partial charge < -0.3 is 10.4 Å². The van der Waals surface area contributed by atoms with E-state index in [4.69, 9.17) is 5.11 Å². The lowest BCUT2D eigenvalue weighted by atomic mass is 9.99. The standard InChI is InChI=1S/C11H20N2O5S/c1-3-8(2)10(11(15)16)12-9(14)7-13-5-4-6-19(13,17)18/h8,10H,3-7H2,1-2H3,(H,12,14)(H,15,16)/t8-,10-/m0/s1. The van der Waals surface area contributed by atoms with Crippen molar-refractivity contribution in [1.82, 2.24) is 9.62 Å². The van der Waals surface area contributed by atoms with Gasteiger partial charge in [-0.3, -0.25) is 4.79 Å². The maximum Gasteiger partial charge on any atom is 0.326 e. The van der Waals surface area contributed by atoms with Crippen LogP contribution in [-0.4, -0.2) is 54.6 Å². The minimum atomic E-state index is -3.34. The van der Waals surface area contributed by atoms with Crippen LogP contribution in [0.15, 0.2) is 0 Å². The van der Waals surface area contributed by atoms with E-state index in [1.807, 2.05) is 6.92 Å². The molecule has 0 aromatic carbocycles. The summed E-state index contributed by atoms with van der Waals surface area (Å²) < 4.78 is 24.2. The number of rotatable bonds is 6. The van der Waals surface area contributed by atoms with Crippen LogP contribution in [0.4, 0.5) is 0 Å². The molecule has 1 fully saturated rings. The van der Waals surface area contributed by atoms with Crippen molar-refractivity contribution >= 4 is 21.9 Å². The van der Waals surface area contributed by atoms with Gasteiger partial charge in [-0.1, -0.05) is 20.3 Å². The number of sulfonamides is 1. The fraction of sp³-hybridized carbons (Fsp3) is 0.818. The summed E-state index contributed by atoms with van der Waals surface area (Å²) in [5.74, 6) is -1.84. The van der Waals surface area contributed by atoms with Gasteiger partial charge >= 0.3 is 5.97 Å². The van der Waals surface area contributed by atoms with Crippen LogP contribution in [-0.2, 0) is 19.6 Å². The van der Waals surface area contributed by atoms with E-state index in [1.165, 1.54) is 0 Å². The Bertz CT molecular complexity index is 448. The third-order valence-electron chi connectivity index (χ3n) is 3.32. The molecule has 7 nitrogen and oxygen atoms in total. The fourth-order valence-corrected chi connectivity index (χ4v) is 3.40. The quantitative estimate of drug-likeness (QED) is 0.695. The minimum absolute atomic E-state index is 0.0496. The smallest absolute Gasteiger partial charge is 0.326 e. The molecule has 1 rings (SSSR count). The highest BCUT2D eigenvalue weighted by Gasteiger charge is 2.32. The van der Waals surface area contributed by atoms with Crippen molar-refractivity contribution in [3.05, 3.63) is 0 Å². The Morgan fingerprint density at radius 2 is 2.05 bits per heavy atom. The van der Waals surface area contributed by atoms with Crippen molar-refractivity contribution in [3.63, 3.8) is 0 Å². The van der Waals surface area contributed by atoms with Crippen molar-refractivity contribution in [2.75, 3.05) is 18.8 Å². The SMILES string of the molecule is CC[C@H](C)[C@H](NC(=O)CN1CCCS1(=O)=O)C(=O)O. The third kappa shape index (κ3) is 4.17. The molecular weight excluding hydrogens is 272 g/mol. The van der Waals surface area contributed by atoms with Crippen LogP contribution < -0.4 is 5.32 Å². The summed E-state index contributed by atoms with van der Waals surface area (Å²) in [7, 11) is -3.34. The predicted molar refractivity (Wildman–Crippen MR) is 69.0 cm³/mol. The molecule has 110 valence electrons. The van der Waals surface area contributed by atoms with Gasteiger partial charge in [0.25, 0.3) is 0 Å². The van der Waals surface area contributed by atoms with E-state index in [0.717, 1.165) is 4.31 Å². The van der Waals surface area contributed by atoms with Gasteiger partial charge in [0.05, 0.1) is 12.3 Å². The fourth-order valence-electron chi connectivity index (χ4n) is 1.93. The number of amides is 1. The van der Waals surface area contributed by atoms with Crippen LogP contribution in [0, 0.1) is 5.92 Å². The molecule has 2 atom stereocenters. The first kappa shape index (κ1) is 15.9. The van der Waals surface area contributed by atoms with Crippen molar-refractivity contribution in [3.8, 4) is 0 Å². The molecule has 0 aromatic heterocycles. The predicted octanol–water partition coefficient (Wildman–Crippen LogP) is -0.363. The summed E-state index contributed by atoms with van der Waals surface area (Å²) in [4.78, 5) is 22.8. The van der Waals surface area contributed by atoms with Gasteiger partial charge in [0.15, 0.2) is 0 Å². The highest BCUT2D eigenvalue weighted by atomic mass is 32.2. The molecule has 8 heteroatoms. The van der Waals surface area contributed by atoms with Gasteiger partial charge in [0.2, 0.25) is 15.9 Å². The second kappa shape index (κ2) is 6.33. The second-order valence-corrected chi connectivity index (χ2v) is 6.86. The third-order valence-corrected chi connectivity index (χ3v) is 5.22. The van der Waals surface area contributed by atoms with Gasteiger partial charge in [-0.2, -0.15) is 4.31 Å². The summed E-state index contributed by atoms with van der Waals surface area (Å²) in [6.07, 6.45) is 1.11. The number of carboxylic acid groups (broad SMARTS) is 1. The molecule has 1 aliphatic rings. The number of hydrogen-bond donors (Lipinski definition) is 2. The molecule has 1 aliphatic heterocycles. The van der Waals surface area contributed by atoms with E-state index < -0.39 is 27.9 Å². The van der Waals surface area contributed by atoms with Crippen LogP contribution >= 0.6 is 0 Å². The van der Waals surface area contributed by atoms with E-state index in [9.17, 15) is 18.0 Å². The zero-order valence-corrected chi connectivity index (χ0v) is 11.9. The molecule has 0 radical (unpaired) electrons. The zero-order valence-electron chi connectivity index (χ0n) is 11.1. The van der Waals surface area contributed by atoms with Crippen LogP contribution in [0.25, 0.3) is 0 Å². The maximum absolute atomic E-state index is 11.7. The van der Waals surface area contributed by atoms with E-state index in [2.05, 4.69) is 5.32 Å². The van der Waals surface area contributed by atoms with Crippen molar-refractivity contribution < 1.29 is 23.1 Å². The topological polar surface area (TPSA) is 104 Å². The van der Waals surface area contributed by atoms with Crippen LogP contribution in [0.5, 0.6) is 0 Å². The van der Waals surface area contributed by atoms with E-state index in [1.54, 1.807) is 6.92 Å². The molecule has 19 heavy (non-hydrogen) atoms. The molecule has 0 spiro atoms. The molecule has 1 heterocycles. The van der Waals surface area contributed by atoms with Gasteiger partial charge in [-0.15, -0.1) is 0 Å². The Balaban J connectivity index is 2.61. The number of aliphatic carboxylic acids is 1. The first-order chi connectivity index (χ1) is 8.77. The molecule has 0 aliphatic carbocycles. The largest absolute Gasteiger partial charge is 0.480 e. The summed E-state index contributed by atoms with van der Waals surface area (Å²) >= 11 is 0. The van der Waals surface area contributed by atoms with Crippen molar-refractivity contribution in [2.45, 2.75) is 32.7 Å². The second-order valence-electron chi connectivity index (χ2n) is 4.77. The summed E-state index contributed by atoms with van der Waals surface area (Å²) in [5, 5.41) is 11.4. The molecule has 2 N–H and O–H groups in total. The monoisotopic (exact) mass is 292 g/mol. The molecule has 0 aromatic rings. The number of carbonyl (C=O) groups excluding carboxylic acids is 1. The van der Waals surface area contributed by atoms with Crippen molar-refractivity contribution in [1.29, 1.82) is 0 Å². The summed E-state index contributed by atoms with van der Waals surface area (Å²) in [5.41, 5.74) is 0. The molecule has 1 amide bonds. The van der Waals surface area contributed by atoms with Gasteiger partial charge in [0.1, 0.15) is 6.04 Å². The lowest BCUT2D eigenvalue weighted by Gasteiger charge is -2.21. The lowest BCUT2D eigenvalue weighted by Crippen LogP contribution is -2.48. The molecule has 0 saturated carbocycles. The minimum Gasteiger partial charge on any atom is -0.480 e. The van der Waals surface area contributed by atoms with E-state index >= 15 is 0 Å². The molecule has 0 bridgehead atoms. The van der Waals surface area contributed by atoms with E-state index in [0.29, 0.717) is 19.4 Å². The van der Waals surface area contributed by atoms with Gasteiger partial charge in [0, 0.05) is 6.54 Å². The van der Waals surface area contributed by atoms with Crippen LogP contribution in [0.2, 0.25) is 0 Å². The molecular formula is C11H20N2O5S. The summed E-state index contributed by atoms with van der Waals surface area (Å²) in [6, 6.07) is -0.984. The number of carboxylic acids is 1. The maximum atomic E-state index is 11.7. The number of hydrogen-bond acceptors (Lipinski definition) is 4. The Morgan fingerprint density at radius 1 is 1.42 bits per heavy atom. The van der Waals surface area contributed by atoms with Crippen molar-refractivity contribution in [2.24, 2.45) is 5.92 Å². The average Bonchev–Trinajstić information content (AvgIpc) is 2.64. The first-order valence-corrected chi connectivity index (χ1v) is 7.89. The van der Waals surface area contributed by atoms with Gasteiger partial charge in [-0.25, -0.2) is 13.2 Å². The van der Waals surface area contributed by atoms with E-state index in [-0.39, 0.29) is 18.2 Å². The number of carbonyl (C=O) groups is 2. The lowest BCUT2D eigenvalue weighted by molar-refractivity contribution is -0.143. The number of nitrogens with zero attached hydrogens (tertiary/aromatic N) is 1. The van der Waals surface area contributed by atoms with Gasteiger partial charge in [-0.05, 0) is 12.3 Å². The average molecular weight is 292 g/mol. The first-order valence-electron chi connectivity index (χ1n) is 6.28. The number of nitrogens with one attached hydrogen (secondary N) is 1. The zero-order chi connectivity index (χ0) is 14.6. The Labute approximate surface area is 113 Å². The Hall–Kier alpha value is -1.15. The Morgan fingerprint density at radius 3 is 2.47 bits per heavy atom. The van der Waals surface area contributed by atoms with Crippen LogP contribution in [0.1, 0.15) is 26.7 Å². The summed E-state index contributed by atoms with van der Waals surface area (Å²) in [6.45, 7) is 3.57. The molecule has 1 saturated heterocycles. The van der Waals surface area contributed by atoms with Crippen LogP contribution in [0.3, 0.4) is 0 Å². The highest BCUT2D eigenvalue weighted by molar-refractivity contribution is 7.89. The Kier molecular flexibility index (Phi) is 5.30. The molecule has 0 unspecified atom stereocenters. The highest BCUT2D eigenvalue weighted by Crippen LogP contribution is 2.13. The normalized spacial score (nSPS) is 21.8.